The van der Waals surface area contributed by atoms with Crippen molar-refractivity contribution in [3.05, 3.63) is 89.8 Å². The molecule has 0 aliphatic rings. The number of carbonyl (C=O) groups is 1. The fraction of sp³-hybridized carbons (Fsp3) is 0.192. The minimum Gasteiger partial charge on any atom is -0.494 e. The largest absolute Gasteiger partial charge is 0.494 e. The molecule has 10 nitrogen and oxygen atoms in total. The minimum atomic E-state index is -0.498. The van der Waals surface area contributed by atoms with Crippen molar-refractivity contribution in [2.75, 3.05) is 13.7 Å². The molecule has 5 rings (SSSR count). The Morgan fingerprint density at radius 3 is 2.68 bits per heavy atom. The van der Waals surface area contributed by atoms with Gasteiger partial charge in [0.15, 0.2) is 22.7 Å². The predicted octanol–water partition coefficient (Wildman–Crippen LogP) is 3.96. The van der Waals surface area contributed by atoms with Crippen LogP contribution in [-0.2, 0) is 17.9 Å². The summed E-state index contributed by atoms with van der Waals surface area (Å²) in [4.78, 5) is 25.7. The quantitative estimate of drug-likeness (QED) is 0.279. The molecule has 37 heavy (non-hydrogen) atoms. The van der Waals surface area contributed by atoms with Crippen molar-refractivity contribution >= 4 is 17.1 Å². The zero-order chi connectivity index (χ0) is 25.8. The second-order valence-corrected chi connectivity index (χ2v) is 8.01. The number of rotatable bonds is 9. The van der Waals surface area contributed by atoms with Crippen LogP contribution < -0.4 is 9.47 Å². The highest BCUT2D eigenvalue weighted by Crippen LogP contribution is 2.25. The number of halogens is 1. The number of carbonyl (C=O) groups excluding carboxylic acids is 1. The molecule has 0 spiro atoms. The first-order chi connectivity index (χ1) is 18.1. The molecule has 0 amide bonds. The van der Waals surface area contributed by atoms with Crippen LogP contribution in [0.15, 0.2) is 67.3 Å². The van der Waals surface area contributed by atoms with E-state index < -0.39 is 11.8 Å². The fourth-order valence-corrected chi connectivity index (χ4v) is 3.71. The molecule has 0 saturated heterocycles. The molecule has 0 atom stereocenters. The van der Waals surface area contributed by atoms with Gasteiger partial charge in [-0.15, -0.1) is 0 Å². The summed E-state index contributed by atoms with van der Waals surface area (Å²) in [6.07, 6.45) is 4.46. The Labute approximate surface area is 211 Å². The summed E-state index contributed by atoms with van der Waals surface area (Å²) in [5.41, 5.74) is 2.80. The van der Waals surface area contributed by atoms with Crippen LogP contribution >= 0.6 is 0 Å². The Balaban J connectivity index is 1.54. The molecular weight excluding hydrogens is 479 g/mol. The van der Waals surface area contributed by atoms with Gasteiger partial charge in [-0.3, -0.25) is 0 Å². The van der Waals surface area contributed by atoms with E-state index in [9.17, 15) is 9.18 Å². The average molecular weight is 503 g/mol. The zero-order valence-electron chi connectivity index (χ0n) is 20.2. The number of imidazole rings is 1. The highest BCUT2D eigenvalue weighted by atomic mass is 19.1. The van der Waals surface area contributed by atoms with Crippen LogP contribution in [0.4, 0.5) is 4.39 Å². The monoisotopic (exact) mass is 502 g/mol. The molecular formula is C26H23FN6O4. The highest BCUT2D eigenvalue weighted by molar-refractivity contribution is 5.88. The summed E-state index contributed by atoms with van der Waals surface area (Å²) in [7, 11) is 1.42. The number of hydrogen-bond donors (Lipinski definition) is 0. The summed E-state index contributed by atoms with van der Waals surface area (Å²) in [5, 5.41) is 4.23. The number of ether oxygens (including phenoxy) is 3. The summed E-state index contributed by atoms with van der Waals surface area (Å²) in [6.45, 7) is 2.52. The van der Waals surface area contributed by atoms with Gasteiger partial charge in [-0.25, -0.2) is 18.9 Å². The third-order valence-corrected chi connectivity index (χ3v) is 5.51. The molecule has 3 heterocycles. The summed E-state index contributed by atoms with van der Waals surface area (Å²) in [5.74, 6) is -0.376. The van der Waals surface area contributed by atoms with Gasteiger partial charge in [0.05, 0.1) is 38.3 Å². The summed E-state index contributed by atoms with van der Waals surface area (Å²) < 4.78 is 33.5. The molecule has 0 unspecified atom stereocenters. The average Bonchev–Trinajstić information content (AvgIpc) is 3.56. The lowest BCUT2D eigenvalue weighted by Gasteiger charge is -2.10. The lowest BCUT2D eigenvalue weighted by molar-refractivity contribution is 0.0526. The first-order valence-corrected chi connectivity index (χ1v) is 11.5. The Morgan fingerprint density at radius 1 is 1.08 bits per heavy atom. The summed E-state index contributed by atoms with van der Waals surface area (Å²) in [6, 6.07) is 14.4. The van der Waals surface area contributed by atoms with Gasteiger partial charge in [0.25, 0.3) is 5.95 Å². The molecule has 11 heteroatoms. The van der Waals surface area contributed by atoms with Crippen LogP contribution in [0.3, 0.4) is 0 Å². The van der Waals surface area contributed by atoms with Crippen molar-refractivity contribution < 1.29 is 23.4 Å². The van der Waals surface area contributed by atoms with E-state index in [-0.39, 0.29) is 36.4 Å². The second-order valence-electron chi connectivity index (χ2n) is 8.01. The van der Waals surface area contributed by atoms with Gasteiger partial charge in [0, 0.05) is 6.20 Å². The molecule has 0 aliphatic carbocycles. The number of fused-ring (bicyclic) bond motifs is 1. The molecule has 3 aromatic heterocycles. The van der Waals surface area contributed by atoms with Gasteiger partial charge in [-0.2, -0.15) is 15.1 Å². The van der Waals surface area contributed by atoms with E-state index in [1.807, 2.05) is 30.3 Å². The van der Waals surface area contributed by atoms with Gasteiger partial charge < -0.3 is 18.8 Å². The molecule has 0 fully saturated rings. The van der Waals surface area contributed by atoms with Gasteiger partial charge in [0.1, 0.15) is 6.61 Å². The fourth-order valence-electron chi connectivity index (χ4n) is 3.71. The first kappa shape index (κ1) is 23.9. The molecule has 0 aliphatic heterocycles. The maximum absolute atomic E-state index is 14.3. The van der Waals surface area contributed by atoms with Crippen molar-refractivity contribution in [2.24, 2.45) is 0 Å². The molecule has 188 valence electrons. The lowest BCUT2D eigenvalue weighted by Crippen LogP contribution is -2.08. The SMILES string of the molecule is CCOC(=O)c1cnn(-c2nc(OCc3ccccc3)c3ncn(Cc4ccc(OC)c(F)c4)c3n2)c1. The van der Waals surface area contributed by atoms with Crippen molar-refractivity contribution in [1.82, 2.24) is 29.3 Å². The number of methoxy groups -OCH3 is 1. The van der Waals surface area contributed by atoms with Gasteiger partial charge in [0.2, 0.25) is 5.88 Å². The number of hydrogen-bond acceptors (Lipinski definition) is 8. The highest BCUT2D eigenvalue weighted by Gasteiger charge is 2.18. The Kier molecular flexibility index (Phi) is 6.75. The van der Waals surface area contributed by atoms with E-state index in [1.165, 1.54) is 30.3 Å². The van der Waals surface area contributed by atoms with Crippen LogP contribution in [0.5, 0.6) is 11.6 Å². The second kappa shape index (κ2) is 10.4. The Hall–Kier alpha value is -4.80. The van der Waals surface area contributed by atoms with Crippen molar-refractivity contribution in [1.29, 1.82) is 0 Å². The van der Waals surface area contributed by atoms with E-state index in [1.54, 1.807) is 30.0 Å². The van der Waals surface area contributed by atoms with Crippen LogP contribution in [0.2, 0.25) is 0 Å². The zero-order valence-corrected chi connectivity index (χ0v) is 20.2. The van der Waals surface area contributed by atoms with Crippen molar-refractivity contribution in [3.8, 4) is 17.6 Å². The van der Waals surface area contributed by atoms with Crippen LogP contribution in [-0.4, -0.2) is 49.0 Å². The molecule has 0 N–H and O–H groups in total. The van der Waals surface area contributed by atoms with E-state index in [2.05, 4.69) is 20.1 Å². The maximum atomic E-state index is 14.3. The third kappa shape index (κ3) is 5.10. The van der Waals surface area contributed by atoms with Crippen LogP contribution in [0.25, 0.3) is 17.1 Å². The number of benzene rings is 2. The normalized spacial score (nSPS) is 11.0. The Morgan fingerprint density at radius 2 is 1.92 bits per heavy atom. The number of nitrogens with zero attached hydrogens (tertiary/aromatic N) is 6. The van der Waals surface area contributed by atoms with Gasteiger partial charge in [-0.1, -0.05) is 36.4 Å². The van der Waals surface area contributed by atoms with Crippen molar-refractivity contribution in [2.45, 2.75) is 20.1 Å². The number of esters is 1. The number of aromatic nitrogens is 6. The predicted molar refractivity (Wildman–Crippen MR) is 131 cm³/mol. The van der Waals surface area contributed by atoms with E-state index in [0.29, 0.717) is 23.3 Å². The topological polar surface area (TPSA) is 106 Å². The first-order valence-electron chi connectivity index (χ1n) is 11.5. The smallest absolute Gasteiger partial charge is 0.341 e. The molecule has 5 aromatic rings. The standard InChI is InChI=1S/C26H23FN6O4/c1-3-36-25(34)19-12-29-33(14-19)26-30-23-22(24(31-26)37-15-17-7-5-4-6-8-17)28-16-32(23)13-18-9-10-21(35-2)20(27)11-18/h4-12,14,16H,3,13,15H2,1-2H3. The molecule has 0 saturated carbocycles. The lowest BCUT2D eigenvalue weighted by atomic mass is 10.2. The minimum absolute atomic E-state index is 0.163. The van der Waals surface area contributed by atoms with E-state index in [0.717, 1.165) is 5.56 Å². The summed E-state index contributed by atoms with van der Waals surface area (Å²) >= 11 is 0. The maximum Gasteiger partial charge on any atom is 0.341 e. The third-order valence-electron chi connectivity index (χ3n) is 5.51. The van der Waals surface area contributed by atoms with E-state index in [4.69, 9.17) is 14.2 Å². The van der Waals surface area contributed by atoms with Crippen molar-refractivity contribution in [3.63, 3.8) is 0 Å². The van der Waals surface area contributed by atoms with Gasteiger partial charge >= 0.3 is 5.97 Å². The van der Waals surface area contributed by atoms with E-state index >= 15 is 0 Å². The van der Waals surface area contributed by atoms with Crippen LogP contribution in [0, 0.1) is 5.82 Å². The molecule has 2 aromatic carbocycles. The molecule has 0 radical (unpaired) electrons. The van der Waals surface area contributed by atoms with Gasteiger partial charge in [-0.05, 0) is 30.2 Å². The molecule has 0 bridgehead atoms. The van der Waals surface area contributed by atoms with Crippen LogP contribution in [0.1, 0.15) is 28.4 Å². The Bertz CT molecular complexity index is 1550.